The molecule has 1 saturated heterocycles. The molecular formula is C12H20N2O. The summed E-state index contributed by atoms with van der Waals surface area (Å²) in [7, 11) is 2.05. The van der Waals surface area contributed by atoms with E-state index in [1.165, 1.54) is 12.0 Å². The van der Waals surface area contributed by atoms with Gasteiger partial charge >= 0.3 is 0 Å². The summed E-state index contributed by atoms with van der Waals surface area (Å²) in [6.07, 6.45) is 6.61. The second kappa shape index (κ2) is 4.37. The van der Waals surface area contributed by atoms with Gasteiger partial charge in [0.05, 0.1) is 6.61 Å². The van der Waals surface area contributed by atoms with Gasteiger partial charge in [-0.05, 0) is 31.4 Å². The predicted octanol–water partition coefficient (Wildman–Crippen LogP) is 1.68. The van der Waals surface area contributed by atoms with Crippen molar-refractivity contribution in [1.29, 1.82) is 0 Å². The highest BCUT2D eigenvalue weighted by Gasteiger charge is 2.26. The first-order chi connectivity index (χ1) is 7.18. The zero-order chi connectivity index (χ0) is 10.7. The molecule has 2 heterocycles. The van der Waals surface area contributed by atoms with Gasteiger partial charge in [-0.15, -0.1) is 0 Å². The molecule has 0 bridgehead atoms. The standard InChI is InChI=1S/C12H20N2O/c1-12(5-3-7-15-10-12)13-8-11-4-6-14(2)9-11/h4,6,9,13H,3,5,7-8,10H2,1-2H3. The Morgan fingerprint density at radius 1 is 1.60 bits per heavy atom. The van der Waals surface area contributed by atoms with E-state index in [1.54, 1.807) is 0 Å². The zero-order valence-electron chi connectivity index (χ0n) is 9.62. The monoisotopic (exact) mass is 208 g/mol. The number of hydrogen-bond donors (Lipinski definition) is 1. The Labute approximate surface area is 91.4 Å². The van der Waals surface area contributed by atoms with Gasteiger partial charge in [0.1, 0.15) is 0 Å². The average molecular weight is 208 g/mol. The average Bonchev–Trinajstić information content (AvgIpc) is 2.63. The van der Waals surface area contributed by atoms with Crippen molar-refractivity contribution in [3.05, 3.63) is 24.0 Å². The second-order valence-corrected chi connectivity index (χ2v) is 4.76. The number of aromatic nitrogens is 1. The number of nitrogens with one attached hydrogen (secondary N) is 1. The minimum absolute atomic E-state index is 0.161. The van der Waals surface area contributed by atoms with Crippen molar-refractivity contribution in [1.82, 2.24) is 9.88 Å². The van der Waals surface area contributed by atoms with E-state index >= 15 is 0 Å². The lowest BCUT2D eigenvalue weighted by atomic mass is 9.95. The van der Waals surface area contributed by atoms with Gasteiger partial charge in [0.15, 0.2) is 0 Å². The molecule has 3 nitrogen and oxygen atoms in total. The van der Waals surface area contributed by atoms with Gasteiger partial charge in [0.25, 0.3) is 0 Å². The Bertz CT molecular complexity index is 313. The van der Waals surface area contributed by atoms with E-state index in [0.29, 0.717) is 0 Å². The SMILES string of the molecule is Cn1ccc(CNC2(C)CCCOC2)c1. The van der Waals surface area contributed by atoms with Crippen LogP contribution >= 0.6 is 0 Å². The lowest BCUT2D eigenvalue weighted by Crippen LogP contribution is -2.48. The highest BCUT2D eigenvalue weighted by atomic mass is 16.5. The largest absolute Gasteiger partial charge is 0.380 e. The summed E-state index contributed by atoms with van der Waals surface area (Å²) < 4.78 is 7.59. The molecule has 2 rings (SSSR count). The third kappa shape index (κ3) is 2.83. The molecule has 3 heteroatoms. The first-order valence-electron chi connectivity index (χ1n) is 5.62. The summed E-state index contributed by atoms with van der Waals surface area (Å²) in [6, 6.07) is 2.15. The molecule has 1 unspecified atom stereocenters. The van der Waals surface area contributed by atoms with Crippen LogP contribution in [0, 0.1) is 0 Å². The number of rotatable bonds is 3. The highest BCUT2D eigenvalue weighted by Crippen LogP contribution is 2.18. The molecule has 0 aromatic carbocycles. The van der Waals surface area contributed by atoms with Gasteiger partial charge in [0.2, 0.25) is 0 Å². The lowest BCUT2D eigenvalue weighted by molar-refractivity contribution is 0.0278. The van der Waals surface area contributed by atoms with Crippen LogP contribution in [0.3, 0.4) is 0 Å². The van der Waals surface area contributed by atoms with Crippen molar-refractivity contribution >= 4 is 0 Å². The van der Waals surface area contributed by atoms with E-state index in [2.05, 4.69) is 42.3 Å². The molecule has 1 aliphatic heterocycles. The van der Waals surface area contributed by atoms with Gasteiger partial charge in [-0.2, -0.15) is 0 Å². The quantitative estimate of drug-likeness (QED) is 0.818. The molecule has 1 atom stereocenters. The fourth-order valence-electron chi connectivity index (χ4n) is 2.05. The lowest BCUT2D eigenvalue weighted by Gasteiger charge is -2.34. The fourth-order valence-corrected chi connectivity index (χ4v) is 2.05. The van der Waals surface area contributed by atoms with E-state index in [9.17, 15) is 0 Å². The maximum absolute atomic E-state index is 5.51. The van der Waals surface area contributed by atoms with Gasteiger partial charge < -0.3 is 14.6 Å². The van der Waals surface area contributed by atoms with E-state index in [-0.39, 0.29) is 5.54 Å². The van der Waals surface area contributed by atoms with Crippen molar-refractivity contribution in [2.75, 3.05) is 13.2 Å². The van der Waals surface area contributed by atoms with Crippen LogP contribution in [-0.2, 0) is 18.3 Å². The number of nitrogens with zero attached hydrogens (tertiary/aromatic N) is 1. The molecule has 0 spiro atoms. The molecule has 1 fully saturated rings. The van der Waals surface area contributed by atoms with E-state index in [1.807, 2.05) is 0 Å². The normalized spacial score (nSPS) is 26.8. The molecule has 0 saturated carbocycles. The topological polar surface area (TPSA) is 26.2 Å². The van der Waals surface area contributed by atoms with Crippen LogP contribution in [0.2, 0.25) is 0 Å². The van der Waals surface area contributed by atoms with Crippen LogP contribution in [-0.4, -0.2) is 23.3 Å². The summed E-state index contributed by atoms with van der Waals surface area (Å²) in [5.41, 5.74) is 1.50. The molecule has 1 N–H and O–H groups in total. The molecule has 84 valence electrons. The summed E-state index contributed by atoms with van der Waals surface area (Å²) in [5.74, 6) is 0. The van der Waals surface area contributed by atoms with Crippen molar-refractivity contribution in [2.24, 2.45) is 7.05 Å². The van der Waals surface area contributed by atoms with Crippen LogP contribution in [0.5, 0.6) is 0 Å². The molecule has 1 aliphatic rings. The van der Waals surface area contributed by atoms with Crippen LogP contribution in [0.15, 0.2) is 18.5 Å². The molecule has 1 aromatic rings. The van der Waals surface area contributed by atoms with Crippen molar-refractivity contribution in [3.63, 3.8) is 0 Å². The van der Waals surface area contributed by atoms with Crippen LogP contribution < -0.4 is 5.32 Å². The van der Waals surface area contributed by atoms with Gasteiger partial charge in [-0.1, -0.05) is 0 Å². The van der Waals surface area contributed by atoms with E-state index < -0.39 is 0 Å². The van der Waals surface area contributed by atoms with E-state index in [4.69, 9.17) is 4.74 Å². The van der Waals surface area contributed by atoms with Crippen molar-refractivity contribution < 1.29 is 4.74 Å². The minimum atomic E-state index is 0.161. The Morgan fingerprint density at radius 2 is 2.47 bits per heavy atom. The van der Waals surface area contributed by atoms with Gasteiger partial charge in [-0.3, -0.25) is 0 Å². The first-order valence-corrected chi connectivity index (χ1v) is 5.62. The second-order valence-electron chi connectivity index (χ2n) is 4.76. The Balaban J connectivity index is 1.86. The molecule has 1 aromatic heterocycles. The number of ether oxygens (including phenoxy) is 1. The highest BCUT2D eigenvalue weighted by molar-refractivity contribution is 5.10. The third-order valence-electron chi connectivity index (χ3n) is 3.05. The molecule has 0 aliphatic carbocycles. The Kier molecular flexibility index (Phi) is 3.12. The smallest absolute Gasteiger partial charge is 0.0645 e. The molecule has 15 heavy (non-hydrogen) atoms. The summed E-state index contributed by atoms with van der Waals surface area (Å²) in [5, 5.41) is 3.59. The fraction of sp³-hybridized carbons (Fsp3) is 0.667. The molecule has 0 radical (unpaired) electrons. The number of aryl methyl sites for hydroxylation is 1. The Hall–Kier alpha value is -0.800. The van der Waals surface area contributed by atoms with Gasteiger partial charge in [0, 0.05) is 38.1 Å². The summed E-state index contributed by atoms with van der Waals surface area (Å²) in [4.78, 5) is 0. The van der Waals surface area contributed by atoms with Crippen molar-refractivity contribution in [3.8, 4) is 0 Å². The molecular weight excluding hydrogens is 188 g/mol. The third-order valence-corrected chi connectivity index (χ3v) is 3.05. The van der Waals surface area contributed by atoms with Crippen LogP contribution in [0.4, 0.5) is 0 Å². The Morgan fingerprint density at radius 3 is 3.07 bits per heavy atom. The maximum atomic E-state index is 5.51. The maximum Gasteiger partial charge on any atom is 0.0645 e. The number of hydrogen-bond acceptors (Lipinski definition) is 2. The first kappa shape index (κ1) is 10.7. The van der Waals surface area contributed by atoms with Crippen molar-refractivity contribution in [2.45, 2.75) is 31.8 Å². The molecule has 0 amide bonds. The summed E-state index contributed by atoms with van der Waals surface area (Å²) >= 11 is 0. The summed E-state index contributed by atoms with van der Waals surface area (Å²) in [6.45, 7) is 4.93. The van der Waals surface area contributed by atoms with Crippen LogP contribution in [0.1, 0.15) is 25.3 Å². The van der Waals surface area contributed by atoms with Crippen LogP contribution in [0.25, 0.3) is 0 Å². The zero-order valence-corrected chi connectivity index (χ0v) is 9.62. The van der Waals surface area contributed by atoms with E-state index in [0.717, 1.165) is 26.2 Å². The minimum Gasteiger partial charge on any atom is -0.380 e. The van der Waals surface area contributed by atoms with Gasteiger partial charge in [-0.25, -0.2) is 0 Å². The predicted molar refractivity (Wildman–Crippen MR) is 60.7 cm³/mol.